The van der Waals surface area contributed by atoms with Crippen LogP contribution < -0.4 is 10.2 Å². The second-order valence-electron chi connectivity index (χ2n) is 3.69. The first-order valence-electron chi connectivity index (χ1n) is 6.11. The molecule has 0 N–H and O–H groups in total. The van der Waals surface area contributed by atoms with Crippen LogP contribution in [0, 0.1) is 0 Å². The first-order valence-corrected chi connectivity index (χ1v) is 6.11. The third-order valence-corrected chi connectivity index (χ3v) is 2.41. The molecule has 0 spiro atoms. The fourth-order valence-electron chi connectivity index (χ4n) is 1.51. The maximum absolute atomic E-state index is 12.1. The molecular formula is C14H16O6. The van der Waals surface area contributed by atoms with E-state index in [-0.39, 0.29) is 30.1 Å². The molecule has 108 valence electrons. The van der Waals surface area contributed by atoms with E-state index in [2.05, 4.69) is 0 Å². The van der Waals surface area contributed by atoms with E-state index in [0.717, 1.165) is 6.07 Å². The minimum absolute atomic E-state index is 0.0522. The topological polar surface area (TPSA) is 78.9 Å². The fourth-order valence-corrected chi connectivity index (χ4v) is 1.51. The third kappa shape index (κ3) is 3.57. The number of esters is 2. The highest BCUT2D eigenvalue weighted by molar-refractivity contribution is 5.95. The number of rotatable bonds is 5. The summed E-state index contributed by atoms with van der Waals surface area (Å²) in [5.74, 6) is -1.49. The molecule has 1 aromatic carbocycles. The van der Waals surface area contributed by atoms with E-state index < -0.39 is 17.4 Å². The lowest BCUT2D eigenvalue weighted by molar-refractivity contribution is 0.0524. The Hall–Kier alpha value is -2.37. The lowest BCUT2D eigenvalue weighted by Crippen LogP contribution is -2.17. The number of hydrogen-bond donors (Lipinski definition) is 0. The van der Waals surface area contributed by atoms with Crippen LogP contribution in [0.1, 0.15) is 34.6 Å². The molecule has 6 nitrogen and oxygen atoms in total. The number of carbonyl (C=O) groups excluding carboxylic acids is 2. The molecule has 20 heavy (non-hydrogen) atoms. The van der Waals surface area contributed by atoms with Gasteiger partial charge in [-0.05, 0) is 32.0 Å². The van der Waals surface area contributed by atoms with Gasteiger partial charge in [0.1, 0.15) is 5.56 Å². The predicted molar refractivity (Wildman–Crippen MR) is 71.2 cm³/mol. The van der Waals surface area contributed by atoms with Gasteiger partial charge in [0, 0.05) is 0 Å². The molecule has 0 heterocycles. The van der Waals surface area contributed by atoms with Gasteiger partial charge in [-0.3, -0.25) is 4.79 Å². The van der Waals surface area contributed by atoms with Crippen LogP contribution in [0.15, 0.2) is 23.0 Å². The van der Waals surface area contributed by atoms with Crippen molar-refractivity contribution in [3.8, 4) is 5.75 Å². The SMILES string of the molecule is CCOC(=O)c1ccc(OC)c(=O)c(C(=O)OCC)c1. The van der Waals surface area contributed by atoms with Gasteiger partial charge in [-0.25, -0.2) is 9.59 Å². The van der Waals surface area contributed by atoms with Gasteiger partial charge < -0.3 is 14.2 Å². The lowest BCUT2D eigenvalue weighted by Gasteiger charge is -2.01. The van der Waals surface area contributed by atoms with Crippen LogP contribution >= 0.6 is 0 Å². The third-order valence-electron chi connectivity index (χ3n) is 2.41. The van der Waals surface area contributed by atoms with E-state index in [0.29, 0.717) is 0 Å². The molecule has 0 aliphatic rings. The van der Waals surface area contributed by atoms with Crippen molar-refractivity contribution >= 4 is 11.9 Å². The number of ether oxygens (including phenoxy) is 3. The summed E-state index contributed by atoms with van der Waals surface area (Å²) in [4.78, 5) is 35.6. The van der Waals surface area contributed by atoms with E-state index in [4.69, 9.17) is 14.2 Å². The molecule has 0 aliphatic carbocycles. The molecule has 0 radical (unpaired) electrons. The highest BCUT2D eigenvalue weighted by Gasteiger charge is 2.17. The summed E-state index contributed by atoms with van der Waals surface area (Å²) in [6, 6.07) is 3.83. The van der Waals surface area contributed by atoms with Crippen molar-refractivity contribution in [2.45, 2.75) is 13.8 Å². The van der Waals surface area contributed by atoms with Crippen LogP contribution in [0.5, 0.6) is 5.75 Å². The highest BCUT2D eigenvalue weighted by atomic mass is 16.5. The van der Waals surface area contributed by atoms with Crippen molar-refractivity contribution in [1.29, 1.82) is 0 Å². The van der Waals surface area contributed by atoms with Gasteiger partial charge in [0.15, 0.2) is 5.75 Å². The molecule has 0 aliphatic heterocycles. The van der Waals surface area contributed by atoms with E-state index in [9.17, 15) is 14.4 Å². The Labute approximate surface area is 116 Å². The zero-order chi connectivity index (χ0) is 15.1. The Morgan fingerprint density at radius 1 is 1.05 bits per heavy atom. The first kappa shape index (κ1) is 15.7. The largest absolute Gasteiger partial charge is 0.493 e. The Kier molecular flexibility index (Phi) is 5.71. The smallest absolute Gasteiger partial charge is 0.342 e. The molecule has 0 saturated carbocycles. The van der Waals surface area contributed by atoms with Gasteiger partial charge in [-0.15, -0.1) is 0 Å². The van der Waals surface area contributed by atoms with E-state index >= 15 is 0 Å². The van der Waals surface area contributed by atoms with Crippen molar-refractivity contribution in [1.82, 2.24) is 0 Å². The fraction of sp³-hybridized carbons (Fsp3) is 0.357. The zero-order valence-electron chi connectivity index (χ0n) is 11.6. The van der Waals surface area contributed by atoms with Crippen LogP contribution in [0.25, 0.3) is 0 Å². The summed E-state index contributed by atoms with van der Waals surface area (Å²) in [6.45, 7) is 3.59. The standard InChI is InChI=1S/C14H16O6/c1-4-19-13(16)9-6-7-11(18-3)12(15)10(8-9)14(17)20-5-2/h6-8H,4-5H2,1-3H3. The molecule has 0 atom stereocenters. The summed E-state index contributed by atoms with van der Waals surface area (Å²) < 4.78 is 14.5. The second-order valence-corrected chi connectivity index (χ2v) is 3.69. The molecule has 0 fully saturated rings. The minimum Gasteiger partial charge on any atom is -0.493 e. The summed E-state index contributed by atoms with van der Waals surface area (Å²) in [5, 5.41) is 0. The van der Waals surface area contributed by atoms with Crippen LogP contribution in [-0.2, 0) is 9.47 Å². The first-order chi connectivity index (χ1) is 9.54. The van der Waals surface area contributed by atoms with Gasteiger partial charge in [0.05, 0.1) is 25.9 Å². The van der Waals surface area contributed by atoms with E-state index in [1.807, 2.05) is 0 Å². The molecule has 0 saturated heterocycles. The van der Waals surface area contributed by atoms with Gasteiger partial charge >= 0.3 is 11.9 Å². The van der Waals surface area contributed by atoms with Crippen LogP contribution in [0.3, 0.4) is 0 Å². The predicted octanol–water partition coefficient (Wildman–Crippen LogP) is 1.41. The average Bonchev–Trinajstić information content (AvgIpc) is 2.58. The molecule has 0 bridgehead atoms. The van der Waals surface area contributed by atoms with Gasteiger partial charge in [0.25, 0.3) is 0 Å². The highest BCUT2D eigenvalue weighted by Crippen LogP contribution is 2.10. The second kappa shape index (κ2) is 7.28. The maximum Gasteiger partial charge on any atom is 0.342 e. The zero-order valence-corrected chi connectivity index (χ0v) is 11.6. The van der Waals surface area contributed by atoms with Crippen molar-refractivity contribution < 1.29 is 23.8 Å². The van der Waals surface area contributed by atoms with Crippen molar-refractivity contribution in [3.05, 3.63) is 39.5 Å². The molecule has 0 unspecified atom stereocenters. The van der Waals surface area contributed by atoms with E-state index in [1.54, 1.807) is 13.8 Å². The number of carbonyl (C=O) groups is 2. The van der Waals surface area contributed by atoms with Gasteiger partial charge in [0.2, 0.25) is 5.43 Å². The summed E-state index contributed by atoms with van der Waals surface area (Å²) in [5.41, 5.74) is -0.825. The van der Waals surface area contributed by atoms with Gasteiger partial charge in [-0.2, -0.15) is 0 Å². The Bertz CT molecular complexity index is 564. The van der Waals surface area contributed by atoms with E-state index in [1.165, 1.54) is 19.2 Å². The average molecular weight is 280 g/mol. The molecule has 1 aromatic rings. The summed E-state index contributed by atoms with van der Waals surface area (Å²) in [7, 11) is 1.30. The van der Waals surface area contributed by atoms with Crippen LogP contribution in [-0.4, -0.2) is 32.3 Å². The Morgan fingerprint density at radius 3 is 2.20 bits per heavy atom. The molecule has 6 heteroatoms. The lowest BCUT2D eigenvalue weighted by atomic mass is 10.2. The maximum atomic E-state index is 12.1. The van der Waals surface area contributed by atoms with Crippen molar-refractivity contribution in [2.24, 2.45) is 0 Å². The summed E-state index contributed by atoms with van der Waals surface area (Å²) >= 11 is 0. The Balaban J connectivity index is 3.43. The van der Waals surface area contributed by atoms with Crippen molar-refractivity contribution in [3.63, 3.8) is 0 Å². The minimum atomic E-state index is -0.808. The number of methoxy groups -OCH3 is 1. The van der Waals surface area contributed by atoms with Crippen molar-refractivity contribution in [2.75, 3.05) is 20.3 Å². The van der Waals surface area contributed by atoms with Crippen LogP contribution in [0.2, 0.25) is 0 Å². The number of hydrogen-bond acceptors (Lipinski definition) is 6. The van der Waals surface area contributed by atoms with Gasteiger partial charge in [-0.1, -0.05) is 0 Å². The molecule has 0 amide bonds. The monoisotopic (exact) mass is 280 g/mol. The Morgan fingerprint density at radius 2 is 1.65 bits per heavy atom. The normalized spacial score (nSPS) is 9.75. The molecular weight excluding hydrogens is 264 g/mol. The molecule has 1 rings (SSSR count). The quantitative estimate of drug-likeness (QED) is 0.759. The molecule has 0 aromatic heterocycles. The summed E-state index contributed by atoms with van der Waals surface area (Å²) in [6.07, 6.45) is 0. The van der Waals surface area contributed by atoms with Crippen LogP contribution in [0.4, 0.5) is 0 Å².